The summed E-state index contributed by atoms with van der Waals surface area (Å²) in [5.41, 5.74) is 4.71. The third-order valence-corrected chi connectivity index (χ3v) is 0.358. The molecule has 1 unspecified atom stereocenters. The standard InChI is InChI=1S/C4H9NO2/c1-3(2-5)4(6)7/h3H,2,5H2,1H3,(H,6,7)/i1D3,2D2,3D. The maximum Gasteiger partial charge on any atom is 0.307 e. The van der Waals surface area contributed by atoms with Crippen LogP contribution in [-0.2, 0) is 4.79 Å². The molecule has 42 valence electrons. The van der Waals surface area contributed by atoms with E-state index in [9.17, 15) is 4.79 Å². The summed E-state index contributed by atoms with van der Waals surface area (Å²) in [6, 6.07) is 0. The van der Waals surface area contributed by atoms with E-state index in [1.807, 2.05) is 0 Å². The van der Waals surface area contributed by atoms with Gasteiger partial charge in [0.2, 0.25) is 0 Å². The van der Waals surface area contributed by atoms with Crippen molar-refractivity contribution in [2.45, 2.75) is 6.85 Å². The fraction of sp³-hybridized carbons (Fsp3) is 0.750. The molecule has 0 saturated heterocycles. The van der Waals surface area contributed by atoms with Crippen LogP contribution in [0.1, 0.15) is 15.1 Å². The van der Waals surface area contributed by atoms with Crippen LogP contribution in [0.15, 0.2) is 0 Å². The number of hydrogen-bond acceptors (Lipinski definition) is 2. The van der Waals surface area contributed by atoms with Crippen LogP contribution in [0.3, 0.4) is 0 Å². The Morgan fingerprint density at radius 3 is 3.14 bits per heavy atom. The smallest absolute Gasteiger partial charge is 0.307 e. The van der Waals surface area contributed by atoms with Gasteiger partial charge in [0.15, 0.2) is 0 Å². The number of carboxylic acid groups (broad SMARTS) is 1. The summed E-state index contributed by atoms with van der Waals surface area (Å²) < 4.78 is 40.7. The highest BCUT2D eigenvalue weighted by atomic mass is 16.4. The van der Waals surface area contributed by atoms with Gasteiger partial charge in [-0.2, -0.15) is 0 Å². The second-order valence-corrected chi connectivity index (χ2v) is 0.824. The summed E-state index contributed by atoms with van der Waals surface area (Å²) in [6.45, 7) is -6.46. The van der Waals surface area contributed by atoms with E-state index >= 15 is 0 Å². The molecule has 0 aliphatic heterocycles. The zero-order valence-electron chi connectivity index (χ0n) is 9.43. The van der Waals surface area contributed by atoms with Crippen LogP contribution < -0.4 is 5.73 Å². The number of nitrogens with two attached hydrogens (primary N) is 1. The lowest BCUT2D eigenvalue weighted by atomic mass is 10.2. The molecule has 0 aromatic heterocycles. The maximum atomic E-state index is 10.4. The van der Waals surface area contributed by atoms with Crippen molar-refractivity contribution in [2.24, 2.45) is 11.6 Å². The zero-order valence-corrected chi connectivity index (χ0v) is 3.43. The molecule has 3 N–H and O–H groups in total. The van der Waals surface area contributed by atoms with Crippen LogP contribution in [0.4, 0.5) is 0 Å². The minimum absolute atomic E-state index is 2.11. The third-order valence-electron chi connectivity index (χ3n) is 0.358. The molecule has 0 rings (SSSR count). The first-order valence-corrected chi connectivity index (χ1v) is 1.47. The van der Waals surface area contributed by atoms with Gasteiger partial charge < -0.3 is 10.8 Å². The predicted molar refractivity (Wildman–Crippen MR) is 25.9 cm³/mol. The van der Waals surface area contributed by atoms with Crippen LogP contribution >= 0.6 is 0 Å². The molecule has 0 bridgehead atoms. The molecular formula is C4H9NO2. The minimum Gasteiger partial charge on any atom is -0.481 e. The van der Waals surface area contributed by atoms with Gasteiger partial charge >= 0.3 is 5.97 Å². The molecule has 0 aliphatic carbocycles. The molecule has 0 heterocycles. The molecule has 0 saturated carbocycles. The lowest BCUT2D eigenvalue weighted by Crippen LogP contribution is -2.19. The van der Waals surface area contributed by atoms with Gasteiger partial charge in [0.25, 0.3) is 0 Å². The fourth-order valence-corrected chi connectivity index (χ4v) is 0.0617. The average Bonchev–Trinajstić information content (AvgIpc) is 1.80. The van der Waals surface area contributed by atoms with Gasteiger partial charge in [0.05, 0.1) is 5.89 Å². The van der Waals surface area contributed by atoms with Crippen molar-refractivity contribution < 1.29 is 18.1 Å². The Kier molecular flexibility index (Phi) is 0.534. The molecule has 0 amide bonds. The Hall–Kier alpha value is -0.570. The number of carbonyl (C=O) groups is 1. The Morgan fingerprint density at radius 1 is 2.57 bits per heavy atom. The van der Waals surface area contributed by atoms with E-state index in [4.69, 9.17) is 19.1 Å². The van der Waals surface area contributed by atoms with Crippen molar-refractivity contribution in [3.8, 4) is 0 Å². The van der Waals surface area contributed by atoms with Gasteiger partial charge in [0, 0.05) is 14.7 Å². The highest BCUT2D eigenvalue weighted by molar-refractivity contribution is 5.69. The number of hydrogen-bond donors (Lipinski definition) is 2. The SMILES string of the molecule is [2H]C([2H])([2H])C([2H])(C(=O)O)C([2H])([2H])N. The Balaban J connectivity index is 5.35. The maximum absolute atomic E-state index is 10.4. The quantitative estimate of drug-likeness (QED) is 0.510. The zero-order chi connectivity index (χ0) is 11.1. The largest absolute Gasteiger partial charge is 0.481 e. The number of carboxylic acids is 1. The van der Waals surface area contributed by atoms with Crippen molar-refractivity contribution in [3.05, 3.63) is 0 Å². The molecule has 0 aliphatic rings. The summed E-state index contributed by atoms with van der Waals surface area (Å²) in [7, 11) is 0. The summed E-state index contributed by atoms with van der Waals surface area (Å²) in [6.07, 6.45) is 0. The molecule has 1 atom stereocenters. The van der Waals surface area contributed by atoms with Gasteiger partial charge in [-0.05, 0) is 0 Å². The van der Waals surface area contributed by atoms with Crippen LogP contribution in [0.5, 0.6) is 0 Å². The van der Waals surface area contributed by atoms with Crippen molar-refractivity contribution in [1.82, 2.24) is 0 Å². The van der Waals surface area contributed by atoms with Crippen molar-refractivity contribution in [2.75, 3.05) is 6.50 Å². The third kappa shape index (κ3) is 2.17. The molecule has 7 heavy (non-hydrogen) atoms. The van der Waals surface area contributed by atoms with Gasteiger partial charge in [-0.15, -0.1) is 0 Å². The van der Waals surface area contributed by atoms with E-state index in [2.05, 4.69) is 0 Å². The van der Waals surface area contributed by atoms with Gasteiger partial charge in [-0.25, -0.2) is 0 Å². The van der Waals surface area contributed by atoms with Crippen LogP contribution in [0, 0.1) is 5.89 Å². The van der Waals surface area contributed by atoms with Crippen LogP contribution in [0.25, 0.3) is 0 Å². The highest BCUT2D eigenvalue weighted by Gasteiger charge is 2.05. The minimum atomic E-state index is -3.35. The van der Waals surface area contributed by atoms with E-state index in [0.29, 0.717) is 0 Å². The molecule has 3 nitrogen and oxygen atoms in total. The molecule has 0 aromatic carbocycles. The molecule has 3 heteroatoms. The van der Waals surface area contributed by atoms with E-state index < -0.39 is 25.2 Å². The molecule has 0 spiro atoms. The summed E-state index contributed by atoms with van der Waals surface area (Å²) in [5, 5.41) is 8.44. The first-order chi connectivity index (χ1) is 5.44. The normalized spacial score (nSPS) is 34.4. The number of aliphatic carboxylic acids is 1. The Morgan fingerprint density at radius 2 is 3.14 bits per heavy atom. The highest BCUT2D eigenvalue weighted by Crippen LogP contribution is 1.87. The van der Waals surface area contributed by atoms with E-state index in [1.54, 1.807) is 0 Å². The summed E-state index contributed by atoms with van der Waals surface area (Å²) in [4.78, 5) is 10.4. The molecule has 0 radical (unpaired) electrons. The topological polar surface area (TPSA) is 63.3 Å². The molecular weight excluding hydrogens is 94.0 g/mol. The first-order valence-electron chi connectivity index (χ1n) is 4.47. The van der Waals surface area contributed by atoms with Crippen molar-refractivity contribution >= 4 is 5.97 Å². The van der Waals surface area contributed by atoms with E-state index in [0.717, 1.165) is 0 Å². The summed E-state index contributed by atoms with van der Waals surface area (Å²) in [5.74, 6) is -5.46. The van der Waals surface area contributed by atoms with Gasteiger partial charge in [-0.3, -0.25) is 4.79 Å². The predicted octanol–water partition coefficient (Wildman–Crippen LogP) is -0.334. The van der Waals surface area contributed by atoms with E-state index in [1.165, 1.54) is 0 Å². The first kappa shape index (κ1) is 1.45. The van der Waals surface area contributed by atoms with Crippen LogP contribution in [-0.4, -0.2) is 17.6 Å². The van der Waals surface area contributed by atoms with Crippen molar-refractivity contribution in [3.63, 3.8) is 0 Å². The Labute approximate surface area is 50.6 Å². The lowest BCUT2D eigenvalue weighted by molar-refractivity contribution is -0.140. The number of rotatable bonds is 2. The van der Waals surface area contributed by atoms with Crippen LogP contribution in [0.2, 0.25) is 0 Å². The Bertz CT molecular complexity index is 204. The second-order valence-electron chi connectivity index (χ2n) is 0.824. The lowest BCUT2D eigenvalue weighted by Gasteiger charge is -1.96. The second kappa shape index (κ2) is 2.58. The van der Waals surface area contributed by atoms with Gasteiger partial charge in [0.1, 0.15) is 0 Å². The molecule has 0 fully saturated rings. The summed E-state index contributed by atoms with van der Waals surface area (Å²) >= 11 is 0. The van der Waals surface area contributed by atoms with Gasteiger partial charge in [-0.1, -0.05) is 6.85 Å². The van der Waals surface area contributed by atoms with Crippen molar-refractivity contribution in [1.29, 1.82) is 0 Å². The average molecular weight is 109 g/mol. The fourth-order valence-electron chi connectivity index (χ4n) is 0.0617. The molecule has 0 aromatic rings. The monoisotopic (exact) mass is 109 g/mol. The van der Waals surface area contributed by atoms with E-state index in [-0.39, 0.29) is 0 Å².